The lowest BCUT2D eigenvalue weighted by Crippen LogP contribution is -2.49. The number of ketones is 2. The van der Waals surface area contributed by atoms with Gasteiger partial charge in [-0.25, -0.2) is 0 Å². The largest absolute Gasteiger partial charge is 0.497 e. The number of amides is 1. The maximum absolute atomic E-state index is 15.1. The van der Waals surface area contributed by atoms with Crippen LogP contribution in [0, 0.1) is 5.92 Å². The van der Waals surface area contributed by atoms with Gasteiger partial charge in [0.1, 0.15) is 28.7 Å². The lowest BCUT2D eigenvalue weighted by molar-refractivity contribution is -0.122. The Morgan fingerprint density at radius 1 is 0.795 bits per heavy atom. The number of ether oxygens (including phenoxy) is 3. The summed E-state index contributed by atoms with van der Waals surface area (Å²) >= 11 is 0. The number of rotatable bonds is 7. The van der Waals surface area contributed by atoms with Gasteiger partial charge >= 0.3 is 0 Å². The predicted molar refractivity (Wildman–Crippen MR) is 165 cm³/mol. The van der Waals surface area contributed by atoms with Crippen LogP contribution in [-0.4, -0.2) is 49.7 Å². The Kier molecular flexibility index (Phi) is 6.50. The number of fused-ring (bicyclic) bond motifs is 6. The number of hydrogen-bond donors (Lipinski definition) is 1. The molecule has 3 aliphatic heterocycles. The van der Waals surface area contributed by atoms with Crippen LogP contribution in [0.2, 0.25) is 0 Å². The molecule has 1 spiro atoms. The number of carbonyl (C=O) groups is 3. The second-order valence-corrected chi connectivity index (χ2v) is 11.1. The van der Waals surface area contributed by atoms with Crippen molar-refractivity contribution in [3.05, 3.63) is 125 Å². The van der Waals surface area contributed by atoms with Crippen LogP contribution in [-0.2, 0) is 10.2 Å². The highest BCUT2D eigenvalue weighted by atomic mass is 16.5. The third-order valence-corrected chi connectivity index (χ3v) is 9.15. The van der Waals surface area contributed by atoms with Crippen molar-refractivity contribution in [3.8, 4) is 17.2 Å². The molecular formula is C36H30N2O6. The number of para-hydroxylation sites is 1. The monoisotopic (exact) mass is 586 g/mol. The lowest BCUT2D eigenvalue weighted by atomic mass is 9.62. The van der Waals surface area contributed by atoms with Gasteiger partial charge < -0.3 is 24.4 Å². The third-order valence-electron chi connectivity index (χ3n) is 9.15. The first-order valence-electron chi connectivity index (χ1n) is 14.3. The molecule has 0 radical (unpaired) electrons. The summed E-state index contributed by atoms with van der Waals surface area (Å²) in [5.41, 5.74) is 2.28. The molecule has 3 aliphatic rings. The Hall–Kier alpha value is -5.37. The van der Waals surface area contributed by atoms with Crippen molar-refractivity contribution in [1.82, 2.24) is 4.90 Å². The van der Waals surface area contributed by atoms with Crippen molar-refractivity contribution in [1.29, 1.82) is 0 Å². The predicted octanol–water partition coefficient (Wildman–Crippen LogP) is 5.69. The van der Waals surface area contributed by atoms with Gasteiger partial charge in [0.25, 0.3) is 0 Å². The van der Waals surface area contributed by atoms with Crippen LogP contribution in [0.3, 0.4) is 0 Å². The second-order valence-electron chi connectivity index (χ2n) is 11.1. The van der Waals surface area contributed by atoms with Gasteiger partial charge in [0.05, 0.1) is 38.9 Å². The summed E-state index contributed by atoms with van der Waals surface area (Å²) in [6, 6.07) is 25.4. The minimum absolute atomic E-state index is 0.260. The highest BCUT2D eigenvalue weighted by molar-refractivity contribution is 6.17. The Labute approximate surface area is 254 Å². The second kappa shape index (κ2) is 10.4. The fourth-order valence-electron chi connectivity index (χ4n) is 7.28. The third kappa shape index (κ3) is 3.80. The number of Topliss-reactive ketones (excluding diaryl/α,β-unsaturated/α-hetero) is 2. The number of benzene rings is 4. The van der Waals surface area contributed by atoms with Crippen LogP contribution in [0.1, 0.15) is 43.4 Å². The fraction of sp³-hybridized carbons (Fsp3) is 0.194. The first-order chi connectivity index (χ1) is 21.4. The number of nitrogens with one attached hydrogen (secondary N) is 1. The molecular weight excluding hydrogens is 556 g/mol. The number of carbonyl (C=O) groups excluding carboxylic acids is 3. The minimum atomic E-state index is -1.45. The molecule has 1 N–H and O–H groups in total. The molecule has 0 aromatic heterocycles. The average Bonchev–Trinajstić information content (AvgIpc) is 3.55. The normalized spacial score (nSPS) is 22.6. The van der Waals surface area contributed by atoms with E-state index >= 15 is 4.79 Å². The first kappa shape index (κ1) is 27.5. The summed E-state index contributed by atoms with van der Waals surface area (Å²) in [4.78, 5) is 46.5. The molecule has 44 heavy (non-hydrogen) atoms. The van der Waals surface area contributed by atoms with Gasteiger partial charge in [0.15, 0.2) is 11.6 Å². The number of nitrogens with zero attached hydrogens (tertiary/aromatic N) is 1. The number of anilines is 1. The van der Waals surface area contributed by atoms with Gasteiger partial charge in [-0.15, -0.1) is 0 Å². The first-order valence-corrected chi connectivity index (χ1v) is 14.3. The lowest BCUT2D eigenvalue weighted by Gasteiger charge is -2.38. The summed E-state index contributed by atoms with van der Waals surface area (Å²) in [6.45, 7) is 0. The Bertz CT molecular complexity index is 1870. The summed E-state index contributed by atoms with van der Waals surface area (Å²) in [5.74, 6) is -0.802. The summed E-state index contributed by atoms with van der Waals surface area (Å²) in [7, 11) is 4.55. The van der Waals surface area contributed by atoms with E-state index in [4.69, 9.17) is 14.2 Å². The van der Waals surface area contributed by atoms with Crippen LogP contribution in [0.5, 0.6) is 17.2 Å². The topological polar surface area (TPSA) is 94.2 Å². The molecule has 4 aromatic rings. The minimum Gasteiger partial charge on any atom is -0.497 e. The van der Waals surface area contributed by atoms with Crippen molar-refractivity contribution in [2.45, 2.75) is 17.5 Å². The zero-order chi connectivity index (χ0) is 30.6. The molecule has 0 bridgehead atoms. The molecule has 220 valence electrons. The molecule has 0 saturated carbocycles. The van der Waals surface area contributed by atoms with Crippen LogP contribution in [0.4, 0.5) is 5.69 Å². The van der Waals surface area contributed by atoms with Crippen molar-refractivity contribution >= 4 is 29.2 Å². The summed E-state index contributed by atoms with van der Waals surface area (Å²) < 4.78 is 16.5. The van der Waals surface area contributed by atoms with Crippen LogP contribution in [0.15, 0.2) is 97.2 Å². The van der Waals surface area contributed by atoms with E-state index in [2.05, 4.69) is 5.32 Å². The van der Waals surface area contributed by atoms with E-state index in [1.807, 2.05) is 65.7 Å². The Morgan fingerprint density at radius 3 is 2.34 bits per heavy atom. The molecule has 8 heteroatoms. The standard InChI is InChI=1S/C36H30N2O6/c1-42-23-11-8-10-22(19-23)32(39)31-30(33(40)26-16-15-24(43-2)20-29(26)44-3)36(27-13-6-7-14-28(27)37-35(36)41)34-25-12-5-4-9-21(25)17-18-38(31)34/h4-20,30-31,34H,1-3H3,(H,37,41)/t30-,31+,34+,36-/m0/s1. The molecule has 0 unspecified atom stereocenters. The summed E-state index contributed by atoms with van der Waals surface area (Å²) in [5, 5.41) is 3.07. The molecule has 8 nitrogen and oxygen atoms in total. The van der Waals surface area contributed by atoms with E-state index in [9.17, 15) is 9.59 Å². The smallest absolute Gasteiger partial charge is 0.238 e. The van der Waals surface area contributed by atoms with Gasteiger partial charge in [0.2, 0.25) is 5.91 Å². The van der Waals surface area contributed by atoms with Gasteiger partial charge in [-0.3, -0.25) is 14.4 Å². The van der Waals surface area contributed by atoms with Crippen LogP contribution >= 0.6 is 0 Å². The van der Waals surface area contributed by atoms with Crippen molar-refractivity contribution in [2.24, 2.45) is 5.92 Å². The van der Waals surface area contributed by atoms with E-state index in [1.54, 1.807) is 42.5 Å². The SMILES string of the molecule is COc1cccc(C(=O)[C@H]2[C@@H](C(=O)c3ccc(OC)cc3OC)[C@]3(C(=O)Nc4ccccc43)[C@H]3c4ccccc4C=CN23)c1. The van der Waals surface area contributed by atoms with E-state index < -0.39 is 23.4 Å². The molecule has 4 aromatic carbocycles. The van der Waals surface area contributed by atoms with Crippen molar-refractivity contribution in [3.63, 3.8) is 0 Å². The quantitative estimate of drug-likeness (QED) is 0.278. The maximum atomic E-state index is 15.1. The highest BCUT2D eigenvalue weighted by Crippen LogP contribution is 2.62. The van der Waals surface area contributed by atoms with Crippen LogP contribution in [0.25, 0.3) is 6.08 Å². The maximum Gasteiger partial charge on any atom is 0.238 e. The zero-order valence-electron chi connectivity index (χ0n) is 24.4. The van der Waals surface area contributed by atoms with Crippen LogP contribution < -0.4 is 19.5 Å². The molecule has 3 heterocycles. The van der Waals surface area contributed by atoms with Gasteiger partial charge in [-0.2, -0.15) is 0 Å². The molecule has 1 fully saturated rings. The molecule has 7 rings (SSSR count). The fourth-order valence-corrected chi connectivity index (χ4v) is 7.28. The van der Waals surface area contributed by atoms with Crippen molar-refractivity contribution in [2.75, 3.05) is 26.6 Å². The molecule has 0 aliphatic carbocycles. The van der Waals surface area contributed by atoms with E-state index in [-0.39, 0.29) is 23.0 Å². The van der Waals surface area contributed by atoms with Gasteiger partial charge in [-0.1, -0.05) is 54.6 Å². The van der Waals surface area contributed by atoms with E-state index in [0.717, 1.165) is 11.1 Å². The Balaban J connectivity index is 1.53. The highest BCUT2D eigenvalue weighted by Gasteiger charge is 2.70. The van der Waals surface area contributed by atoms with E-state index in [1.165, 1.54) is 21.3 Å². The summed E-state index contributed by atoms with van der Waals surface area (Å²) in [6.07, 6.45) is 3.79. The number of hydrogen-bond acceptors (Lipinski definition) is 7. The number of methoxy groups -OCH3 is 3. The van der Waals surface area contributed by atoms with Gasteiger partial charge in [0, 0.05) is 23.5 Å². The Morgan fingerprint density at radius 2 is 1.55 bits per heavy atom. The molecule has 1 saturated heterocycles. The molecule has 1 amide bonds. The van der Waals surface area contributed by atoms with E-state index in [0.29, 0.717) is 34.1 Å². The average molecular weight is 587 g/mol. The molecule has 4 atom stereocenters. The van der Waals surface area contributed by atoms with Gasteiger partial charge in [-0.05, 0) is 53.1 Å². The zero-order valence-corrected chi connectivity index (χ0v) is 24.4. The van der Waals surface area contributed by atoms with Crippen molar-refractivity contribution < 1.29 is 28.6 Å².